The lowest BCUT2D eigenvalue weighted by Gasteiger charge is -2.23. The lowest BCUT2D eigenvalue weighted by Crippen LogP contribution is -2.30. The van der Waals surface area contributed by atoms with Crippen molar-refractivity contribution in [2.75, 3.05) is 6.54 Å². The largest absolute Gasteiger partial charge is 0.284 e. The quantitative estimate of drug-likeness (QED) is 0.783. The first-order valence-corrected chi connectivity index (χ1v) is 5.78. The molecule has 0 heterocycles. The van der Waals surface area contributed by atoms with Crippen LogP contribution in [-0.4, -0.2) is 17.5 Å². The predicted octanol–water partition coefficient (Wildman–Crippen LogP) is 3.18. The molecule has 0 bridgehead atoms. The van der Waals surface area contributed by atoms with E-state index in [0.29, 0.717) is 12.6 Å². The average Bonchev–Trinajstić information content (AvgIpc) is 2.17. The van der Waals surface area contributed by atoms with Crippen LogP contribution in [0.3, 0.4) is 0 Å². The number of hydrogen-bond acceptors (Lipinski definition) is 2. The fourth-order valence-corrected chi connectivity index (χ4v) is 1.83. The van der Waals surface area contributed by atoms with Crippen LogP contribution in [0.4, 0.5) is 0 Å². The average molecular weight is 267 g/mol. The van der Waals surface area contributed by atoms with Gasteiger partial charge in [0.15, 0.2) is 0 Å². The minimum Gasteiger partial charge on any atom is -0.284 e. The Hall–Kier alpha value is -0.850. The maximum atomic E-state index is 8.72. The van der Waals surface area contributed by atoms with E-state index in [-0.39, 0.29) is 0 Å². The fraction of sp³-hybridized carbons (Fsp3) is 0.417. The molecule has 3 heteroatoms. The van der Waals surface area contributed by atoms with Gasteiger partial charge in [-0.15, -0.1) is 0 Å². The summed E-state index contributed by atoms with van der Waals surface area (Å²) in [5.74, 6) is 0. The van der Waals surface area contributed by atoms with Crippen LogP contribution in [0, 0.1) is 11.3 Å². The maximum absolute atomic E-state index is 8.72. The van der Waals surface area contributed by atoms with E-state index >= 15 is 0 Å². The Labute approximate surface area is 99.6 Å². The van der Waals surface area contributed by atoms with Crippen molar-refractivity contribution < 1.29 is 0 Å². The predicted molar refractivity (Wildman–Crippen MR) is 65.3 cm³/mol. The summed E-state index contributed by atoms with van der Waals surface area (Å²) in [5.41, 5.74) is 1.23. The van der Waals surface area contributed by atoms with Gasteiger partial charge in [0.25, 0.3) is 0 Å². The second-order valence-electron chi connectivity index (χ2n) is 3.79. The van der Waals surface area contributed by atoms with Gasteiger partial charge < -0.3 is 0 Å². The van der Waals surface area contributed by atoms with Crippen LogP contribution in [-0.2, 0) is 6.54 Å². The van der Waals surface area contributed by atoms with Crippen LogP contribution in [0.15, 0.2) is 28.7 Å². The molecule has 1 rings (SSSR count). The molecule has 15 heavy (non-hydrogen) atoms. The molecule has 0 saturated heterocycles. The van der Waals surface area contributed by atoms with Crippen molar-refractivity contribution >= 4 is 15.9 Å². The molecule has 0 aromatic heterocycles. The van der Waals surface area contributed by atoms with Crippen LogP contribution < -0.4 is 0 Å². The number of nitrogens with zero attached hydrogens (tertiary/aromatic N) is 2. The molecule has 0 amide bonds. The van der Waals surface area contributed by atoms with Gasteiger partial charge >= 0.3 is 0 Å². The van der Waals surface area contributed by atoms with Crippen LogP contribution in [0.5, 0.6) is 0 Å². The standard InChI is InChI=1S/C12H15BrN2/c1-10(2)15(7-6-14)9-11-4-3-5-12(13)8-11/h3-5,8,10H,7,9H2,1-2H3. The minimum absolute atomic E-state index is 0.392. The summed E-state index contributed by atoms with van der Waals surface area (Å²) in [4.78, 5) is 2.14. The van der Waals surface area contributed by atoms with Gasteiger partial charge in [0, 0.05) is 17.1 Å². The van der Waals surface area contributed by atoms with E-state index in [1.54, 1.807) is 0 Å². The molecule has 80 valence electrons. The molecule has 0 spiro atoms. The zero-order chi connectivity index (χ0) is 11.3. The molecule has 0 radical (unpaired) electrons. The summed E-state index contributed by atoms with van der Waals surface area (Å²) in [6.07, 6.45) is 0. The summed E-state index contributed by atoms with van der Waals surface area (Å²) in [5, 5.41) is 8.72. The number of rotatable bonds is 4. The van der Waals surface area contributed by atoms with Gasteiger partial charge in [-0.1, -0.05) is 28.1 Å². The Morgan fingerprint density at radius 3 is 2.73 bits per heavy atom. The molecular formula is C12H15BrN2. The molecular weight excluding hydrogens is 252 g/mol. The summed E-state index contributed by atoms with van der Waals surface area (Å²) in [6.45, 7) is 5.51. The Morgan fingerprint density at radius 1 is 1.47 bits per heavy atom. The van der Waals surface area contributed by atoms with Crippen molar-refractivity contribution in [2.45, 2.75) is 26.4 Å². The Kier molecular flexibility index (Phi) is 4.80. The van der Waals surface area contributed by atoms with Crippen LogP contribution in [0.1, 0.15) is 19.4 Å². The highest BCUT2D eigenvalue weighted by Gasteiger charge is 2.09. The summed E-state index contributed by atoms with van der Waals surface area (Å²) in [6, 6.07) is 10.8. The van der Waals surface area contributed by atoms with E-state index in [9.17, 15) is 0 Å². The zero-order valence-corrected chi connectivity index (χ0v) is 10.7. The molecule has 0 atom stereocenters. The van der Waals surface area contributed by atoms with E-state index in [0.717, 1.165) is 11.0 Å². The van der Waals surface area contributed by atoms with Gasteiger partial charge in [0.05, 0.1) is 12.6 Å². The monoisotopic (exact) mass is 266 g/mol. The number of halogens is 1. The lowest BCUT2D eigenvalue weighted by atomic mass is 10.2. The van der Waals surface area contributed by atoms with Gasteiger partial charge in [-0.25, -0.2) is 0 Å². The molecule has 0 saturated carbocycles. The molecule has 0 N–H and O–H groups in total. The smallest absolute Gasteiger partial charge is 0.0871 e. The van der Waals surface area contributed by atoms with Gasteiger partial charge in [0.2, 0.25) is 0 Å². The fourth-order valence-electron chi connectivity index (χ4n) is 1.38. The third-order valence-corrected chi connectivity index (χ3v) is 2.77. The lowest BCUT2D eigenvalue weighted by molar-refractivity contribution is 0.240. The van der Waals surface area contributed by atoms with E-state index in [1.165, 1.54) is 5.56 Å². The SMILES string of the molecule is CC(C)N(CC#N)Cc1cccc(Br)c1. The second kappa shape index (κ2) is 5.89. The normalized spacial score (nSPS) is 10.7. The van der Waals surface area contributed by atoms with Gasteiger partial charge in [-0.05, 0) is 31.5 Å². The zero-order valence-electron chi connectivity index (χ0n) is 9.07. The molecule has 0 unspecified atom stereocenters. The summed E-state index contributed by atoms with van der Waals surface area (Å²) >= 11 is 3.44. The summed E-state index contributed by atoms with van der Waals surface area (Å²) in [7, 11) is 0. The molecule has 0 aliphatic carbocycles. The first-order valence-electron chi connectivity index (χ1n) is 4.99. The molecule has 1 aromatic carbocycles. The maximum Gasteiger partial charge on any atom is 0.0871 e. The van der Waals surface area contributed by atoms with Crippen molar-refractivity contribution in [1.29, 1.82) is 5.26 Å². The Bertz CT molecular complexity index is 355. The second-order valence-corrected chi connectivity index (χ2v) is 4.70. The van der Waals surface area contributed by atoms with E-state index in [2.05, 4.69) is 52.9 Å². The first kappa shape index (κ1) is 12.2. The highest BCUT2D eigenvalue weighted by Crippen LogP contribution is 2.14. The van der Waals surface area contributed by atoms with Crippen LogP contribution in [0.2, 0.25) is 0 Å². The van der Waals surface area contributed by atoms with Crippen molar-refractivity contribution in [1.82, 2.24) is 4.90 Å². The number of hydrogen-bond donors (Lipinski definition) is 0. The summed E-state index contributed by atoms with van der Waals surface area (Å²) < 4.78 is 1.08. The van der Waals surface area contributed by atoms with E-state index in [1.807, 2.05) is 12.1 Å². The van der Waals surface area contributed by atoms with E-state index < -0.39 is 0 Å². The third kappa shape index (κ3) is 4.03. The van der Waals surface area contributed by atoms with Gasteiger partial charge in [-0.3, -0.25) is 4.90 Å². The van der Waals surface area contributed by atoms with Crippen LogP contribution in [0.25, 0.3) is 0 Å². The first-order chi connectivity index (χ1) is 7.13. The molecule has 0 aliphatic rings. The number of benzene rings is 1. The number of nitriles is 1. The molecule has 1 aromatic rings. The van der Waals surface area contributed by atoms with Crippen molar-refractivity contribution in [3.63, 3.8) is 0 Å². The van der Waals surface area contributed by atoms with Gasteiger partial charge in [-0.2, -0.15) is 5.26 Å². The molecule has 2 nitrogen and oxygen atoms in total. The van der Waals surface area contributed by atoms with Gasteiger partial charge in [0.1, 0.15) is 0 Å². The minimum atomic E-state index is 0.392. The molecule has 0 fully saturated rings. The van der Waals surface area contributed by atoms with Crippen molar-refractivity contribution in [2.24, 2.45) is 0 Å². The highest BCUT2D eigenvalue weighted by molar-refractivity contribution is 9.10. The van der Waals surface area contributed by atoms with Crippen molar-refractivity contribution in [3.05, 3.63) is 34.3 Å². The van der Waals surface area contributed by atoms with E-state index in [4.69, 9.17) is 5.26 Å². The highest BCUT2D eigenvalue weighted by atomic mass is 79.9. The van der Waals surface area contributed by atoms with Crippen molar-refractivity contribution in [3.8, 4) is 6.07 Å². The Balaban J connectivity index is 2.70. The topological polar surface area (TPSA) is 27.0 Å². The molecule has 0 aliphatic heterocycles. The third-order valence-electron chi connectivity index (χ3n) is 2.28. The Morgan fingerprint density at radius 2 is 2.20 bits per heavy atom. The van der Waals surface area contributed by atoms with Crippen LogP contribution >= 0.6 is 15.9 Å².